The Morgan fingerprint density at radius 1 is 0.955 bits per heavy atom. The zero-order chi connectivity index (χ0) is 15.5. The second kappa shape index (κ2) is 6.02. The lowest BCUT2D eigenvalue weighted by atomic mass is 9.99. The Morgan fingerprint density at radius 3 is 2.05 bits per heavy atom. The summed E-state index contributed by atoms with van der Waals surface area (Å²) >= 11 is 0. The van der Waals surface area contributed by atoms with E-state index in [2.05, 4.69) is 90.7 Å². The molecule has 22 heavy (non-hydrogen) atoms. The van der Waals surface area contributed by atoms with Crippen LogP contribution in [0.15, 0.2) is 73.3 Å². The molecule has 0 aliphatic carbocycles. The molecule has 0 bridgehead atoms. The molecule has 0 aliphatic heterocycles. The van der Waals surface area contributed by atoms with Gasteiger partial charge in [-0.1, -0.05) is 54.6 Å². The SMILES string of the molecule is C=CCc1c(-c2ccccc2)n(C)[n+](C)c1-c1ccccc1. The average molecular weight is 289 g/mol. The molecule has 0 atom stereocenters. The lowest BCUT2D eigenvalue weighted by Gasteiger charge is -2.02. The minimum absolute atomic E-state index is 0.850. The van der Waals surface area contributed by atoms with E-state index < -0.39 is 0 Å². The van der Waals surface area contributed by atoms with Crippen molar-refractivity contribution in [3.05, 3.63) is 78.9 Å². The van der Waals surface area contributed by atoms with Crippen molar-refractivity contribution in [1.29, 1.82) is 0 Å². The van der Waals surface area contributed by atoms with Gasteiger partial charge in [-0.3, -0.25) is 0 Å². The second-order valence-electron chi connectivity index (χ2n) is 5.45. The Bertz CT molecular complexity index is 721. The predicted octanol–water partition coefficient (Wildman–Crippen LogP) is 3.91. The van der Waals surface area contributed by atoms with Crippen molar-refractivity contribution in [2.45, 2.75) is 6.42 Å². The smallest absolute Gasteiger partial charge is 0.156 e. The van der Waals surface area contributed by atoms with Crippen molar-refractivity contribution in [3.8, 4) is 22.5 Å². The van der Waals surface area contributed by atoms with Gasteiger partial charge in [0.2, 0.25) is 5.69 Å². The molecular formula is C20H21N2+. The van der Waals surface area contributed by atoms with Gasteiger partial charge in [0.25, 0.3) is 0 Å². The van der Waals surface area contributed by atoms with Crippen LogP contribution < -0.4 is 4.68 Å². The highest BCUT2D eigenvalue weighted by Crippen LogP contribution is 2.31. The zero-order valence-electron chi connectivity index (χ0n) is 13.2. The van der Waals surface area contributed by atoms with Crippen LogP contribution in [0.2, 0.25) is 0 Å². The standard InChI is InChI=1S/C20H21N2/c1-4-11-18-19(16-12-7-5-8-13-16)21(2)22(3)20(18)17-14-9-6-10-15-17/h4-10,12-15H,1,11H2,2-3H3/q+1. The summed E-state index contributed by atoms with van der Waals surface area (Å²) in [6, 6.07) is 21.1. The van der Waals surface area contributed by atoms with E-state index in [0.717, 1.165) is 6.42 Å². The van der Waals surface area contributed by atoms with Crippen LogP contribution in [-0.4, -0.2) is 4.68 Å². The number of nitrogens with zero attached hydrogens (tertiary/aromatic N) is 2. The highest BCUT2D eigenvalue weighted by atomic mass is 15.4. The minimum atomic E-state index is 0.850. The van der Waals surface area contributed by atoms with Gasteiger partial charge in [0, 0.05) is 11.1 Å². The third-order valence-corrected chi connectivity index (χ3v) is 4.11. The lowest BCUT2D eigenvalue weighted by molar-refractivity contribution is -0.740. The topological polar surface area (TPSA) is 8.81 Å². The predicted molar refractivity (Wildman–Crippen MR) is 91.4 cm³/mol. The summed E-state index contributed by atoms with van der Waals surface area (Å²) in [4.78, 5) is 0. The highest BCUT2D eigenvalue weighted by molar-refractivity contribution is 5.72. The first-order valence-electron chi connectivity index (χ1n) is 7.53. The maximum atomic E-state index is 3.95. The lowest BCUT2D eigenvalue weighted by Crippen LogP contribution is -2.39. The molecule has 1 heterocycles. The second-order valence-corrected chi connectivity index (χ2v) is 5.45. The molecule has 2 heteroatoms. The van der Waals surface area contributed by atoms with Crippen molar-refractivity contribution in [3.63, 3.8) is 0 Å². The summed E-state index contributed by atoms with van der Waals surface area (Å²) in [6.07, 6.45) is 2.83. The molecule has 0 fully saturated rings. The normalized spacial score (nSPS) is 10.6. The molecule has 1 aromatic heterocycles. The van der Waals surface area contributed by atoms with E-state index in [1.54, 1.807) is 0 Å². The van der Waals surface area contributed by atoms with Crippen molar-refractivity contribution < 1.29 is 4.68 Å². The van der Waals surface area contributed by atoms with Gasteiger partial charge in [-0.25, -0.2) is 0 Å². The molecule has 0 saturated carbocycles. The monoisotopic (exact) mass is 289 g/mol. The first kappa shape index (κ1) is 14.3. The summed E-state index contributed by atoms with van der Waals surface area (Å²) in [5, 5.41) is 0. The van der Waals surface area contributed by atoms with Gasteiger partial charge in [0.05, 0.1) is 12.6 Å². The Kier molecular flexibility index (Phi) is 3.92. The fourth-order valence-corrected chi connectivity index (χ4v) is 3.05. The number of hydrogen-bond acceptors (Lipinski definition) is 0. The van der Waals surface area contributed by atoms with E-state index in [1.807, 2.05) is 6.08 Å². The van der Waals surface area contributed by atoms with Gasteiger partial charge in [0.15, 0.2) is 7.05 Å². The number of rotatable bonds is 4. The van der Waals surface area contributed by atoms with Crippen LogP contribution in [0.4, 0.5) is 0 Å². The third kappa shape index (κ3) is 2.37. The molecule has 0 aliphatic rings. The van der Waals surface area contributed by atoms with Gasteiger partial charge in [-0.2, -0.15) is 4.68 Å². The van der Waals surface area contributed by atoms with Crippen LogP contribution in [0.1, 0.15) is 5.56 Å². The first-order chi connectivity index (χ1) is 10.7. The molecular weight excluding hydrogens is 268 g/mol. The zero-order valence-corrected chi connectivity index (χ0v) is 13.2. The molecule has 2 aromatic carbocycles. The van der Waals surface area contributed by atoms with Gasteiger partial charge >= 0.3 is 0 Å². The van der Waals surface area contributed by atoms with Gasteiger partial charge in [-0.15, -0.1) is 11.3 Å². The maximum Gasteiger partial charge on any atom is 0.242 e. The minimum Gasteiger partial charge on any atom is -0.156 e. The molecule has 0 spiro atoms. The molecule has 0 amide bonds. The molecule has 0 N–H and O–H groups in total. The van der Waals surface area contributed by atoms with E-state index in [1.165, 1.54) is 28.1 Å². The van der Waals surface area contributed by atoms with Gasteiger partial charge in [-0.05, 0) is 18.6 Å². The Morgan fingerprint density at radius 2 is 1.50 bits per heavy atom. The number of aromatic nitrogens is 2. The number of hydrogen-bond donors (Lipinski definition) is 0. The summed E-state index contributed by atoms with van der Waals surface area (Å²) in [7, 11) is 4.22. The van der Waals surface area contributed by atoms with Gasteiger partial charge in [0.1, 0.15) is 5.69 Å². The fraction of sp³-hybridized carbons (Fsp3) is 0.150. The van der Waals surface area contributed by atoms with E-state index in [-0.39, 0.29) is 0 Å². The highest BCUT2D eigenvalue weighted by Gasteiger charge is 2.27. The van der Waals surface area contributed by atoms with E-state index in [9.17, 15) is 0 Å². The Labute approximate surface area is 131 Å². The number of allylic oxidation sites excluding steroid dienone is 1. The van der Waals surface area contributed by atoms with Crippen molar-refractivity contribution >= 4 is 0 Å². The molecule has 3 rings (SSSR count). The molecule has 110 valence electrons. The first-order valence-corrected chi connectivity index (χ1v) is 7.53. The molecule has 0 saturated heterocycles. The average Bonchev–Trinajstić information content (AvgIpc) is 2.81. The Hall–Kier alpha value is -2.61. The van der Waals surface area contributed by atoms with Crippen LogP contribution >= 0.6 is 0 Å². The molecule has 0 radical (unpaired) electrons. The fourth-order valence-electron chi connectivity index (χ4n) is 3.05. The summed E-state index contributed by atoms with van der Waals surface area (Å²) < 4.78 is 4.44. The quantitative estimate of drug-likeness (QED) is 0.508. The van der Waals surface area contributed by atoms with Crippen LogP contribution in [0, 0.1) is 0 Å². The van der Waals surface area contributed by atoms with Crippen LogP contribution in [0.5, 0.6) is 0 Å². The van der Waals surface area contributed by atoms with Crippen LogP contribution in [-0.2, 0) is 20.5 Å². The largest absolute Gasteiger partial charge is 0.242 e. The third-order valence-electron chi connectivity index (χ3n) is 4.11. The van der Waals surface area contributed by atoms with Crippen LogP contribution in [0.3, 0.4) is 0 Å². The van der Waals surface area contributed by atoms with Crippen molar-refractivity contribution in [2.75, 3.05) is 0 Å². The summed E-state index contributed by atoms with van der Waals surface area (Å²) in [5.74, 6) is 0. The molecule has 3 aromatic rings. The van der Waals surface area contributed by atoms with E-state index >= 15 is 0 Å². The molecule has 0 unspecified atom stereocenters. The number of benzene rings is 2. The van der Waals surface area contributed by atoms with Crippen molar-refractivity contribution in [1.82, 2.24) is 4.68 Å². The Balaban J connectivity index is 2.30. The summed E-state index contributed by atoms with van der Waals surface area (Å²) in [5.41, 5.74) is 6.29. The van der Waals surface area contributed by atoms with Crippen molar-refractivity contribution in [2.24, 2.45) is 14.1 Å². The molecule has 2 nitrogen and oxygen atoms in total. The van der Waals surface area contributed by atoms with Crippen LogP contribution in [0.25, 0.3) is 22.5 Å². The van der Waals surface area contributed by atoms with E-state index in [4.69, 9.17) is 0 Å². The summed E-state index contributed by atoms with van der Waals surface area (Å²) in [6.45, 7) is 3.95. The van der Waals surface area contributed by atoms with E-state index in [0.29, 0.717) is 0 Å². The maximum absolute atomic E-state index is 3.95. The van der Waals surface area contributed by atoms with Gasteiger partial charge < -0.3 is 0 Å².